The summed E-state index contributed by atoms with van der Waals surface area (Å²) in [5.41, 5.74) is -0.167. The Labute approximate surface area is 246 Å². The van der Waals surface area contributed by atoms with Crippen LogP contribution in [0.5, 0.6) is 5.75 Å². The van der Waals surface area contributed by atoms with Crippen LogP contribution in [-0.4, -0.2) is 63.1 Å². The molecule has 226 valence electrons. The molecule has 1 atom stereocenters. The molecule has 2 aliphatic rings. The topological polar surface area (TPSA) is 107 Å². The van der Waals surface area contributed by atoms with Crippen LogP contribution in [0.15, 0.2) is 72.5 Å². The van der Waals surface area contributed by atoms with E-state index in [0.29, 0.717) is 60.1 Å². The average molecular weight is 597 g/mol. The maximum absolute atomic E-state index is 13.8. The number of carboxylic acids is 1. The quantitative estimate of drug-likeness (QED) is 0.321. The maximum atomic E-state index is 13.8. The van der Waals surface area contributed by atoms with Crippen molar-refractivity contribution in [3.8, 4) is 22.8 Å². The first-order chi connectivity index (χ1) is 20.7. The van der Waals surface area contributed by atoms with Gasteiger partial charge in [-0.05, 0) is 61.9 Å². The zero-order valence-corrected chi connectivity index (χ0v) is 23.5. The number of carboxylic acid groups (broad SMARTS) is 1. The number of allylic oxidation sites excluding steroid dienone is 3. The number of aromatic nitrogens is 3. The van der Waals surface area contributed by atoms with E-state index in [1.165, 1.54) is 17.7 Å². The number of benzene rings is 1. The van der Waals surface area contributed by atoms with Crippen LogP contribution in [0.25, 0.3) is 17.1 Å². The second-order valence-electron chi connectivity index (χ2n) is 10.3. The Balaban J connectivity index is 1.25. The molecule has 1 aromatic carbocycles. The lowest BCUT2D eigenvalue weighted by Gasteiger charge is -2.32. The molecule has 5 rings (SSSR count). The van der Waals surface area contributed by atoms with Gasteiger partial charge in [0.2, 0.25) is 0 Å². The van der Waals surface area contributed by atoms with Gasteiger partial charge in [-0.3, -0.25) is 0 Å². The highest BCUT2D eigenvalue weighted by atomic mass is 19.4. The number of pyridine rings is 1. The van der Waals surface area contributed by atoms with Gasteiger partial charge in [0, 0.05) is 24.6 Å². The predicted molar refractivity (Wildman–Crippen MR) is 151 cm³/mol. The number of piperidine rings is 1. The highest BCUT2D eigenvalue weighted by Gasteiger charge is 2.41. The number of alkyl halides is 3. The standard InChI is InChI=1S/C31H31F3N4O5/c1-2-42-30(41)37-16-14-22(15-17-37)21-12-10-20(11-13-21)19-43-26-8-4-3-6-23(26)25-7-5-9-27(36-25)38-28(31(32,33)34)24(18-35-38)29(39)40/h3-10,12-13,18,20,22H,2,11,14-17,19H2,1H3,(H,39,40). The molecule has 0 radical (unpaired) electrons. The summed E-state index contributed by atoms with van der Waals surface area (Å²) in [4.78, 5) is 29.5. The minimum absolute atomic E-state index is 0.128. The van der Waals surface area contributed by atoms with Gasteiger partial charge in [0.15, 0.2) is 11.5 Å². The molecule has 1 amide bonds. The second-order valence-corrected chi connectivity index (χ2v) is 10.3. The van der Waals surface area contributed by atoms with Crippen LogP contribution >= 0.6 is 0 Å². The summed E-state index contributed by atoms with van der Waals surface area (Å²) >= 11 is 0. The summed E-state index contributed by atoms with van der Waals surface area (Å²) < 4.78 is 53.0. The van der Waals surface area contributed by atoms with Crippen LogP contribution in [0.4, 0.5) is 18.0 Å². The summed E-state index contributed by atoms with van der Waals surface area (Å²) in [5, 5.41) is 12.9. The minimum Gasteiger partial charge on any atom is -0.492 e. The van der Waals surface area contributed by atoms with E-state index in [1.54, 1.807) is 42.2 Å². The summed E-state index contributed by atoms with van der Waals surface area (Å²) in [6, 6.07) is 11.6. The molecular formula is C31H31F3N4O5. The molecule has 1 aliphatic carbocycles. The van der Waals surface area contributed by atoms with Crippen molar-refractivity contribution in [3.63, 3.8) is 0 Å². The van der Waals surface area contributed by atoms with E-state index in [9.17, 15) is 27.9 Å². The lowest BCUT2D eigenvalue weighted by Crippen LogP contribution is -2.39. The van der Waals surface area contributed by atoms with E-state index >= 15 is 0 Å². The largest absolute Gasteiger partial charge is 0.492 e. The molecule has 43 heavy (non-hydrogen) atoms. The molecule has 9 nitrogen and oxygen atoms in total. The van der Waals surface area contributed by atoms with Gasteiger partial charge in [0.25, 0.3) is 0 Å². The zero-order valence-electron chi connectivity index (χ0n) is 23.5. The Morgan fingerprint density at radius 3 is 2.53 bits per heavy atom. The van der Waals surface area contributed by atoms with Gasteiger partial charge in [-0.1, -0.05) is 36.4 Å². The number of amides is 1. The van der Waals surface area contributed by atoms with Gasteiger partial charge in [0.05, 0.1) is 25.1 Å². The number of hydrogen-bond donors (Lipinski definition) is 1. The van der Waals surface area contributed by atoms with E-state index < -0.39 is 23.4 Å². The van der Waals surface area contributed by atoms with Crippen molar-refractivity contribution < 1.29 is 37.3 Å². The van der Waals surface area contributed by atoms with Crippen molar-refractivity contribution in [1.29, 1.82) is 0 Å². The van der Waals surface area contributed by atoms with Crippen molar-refractivity contribution in [1.82, 2.24) is 19.7 Å². The van der Waals surface area contributed by atoms with Crippen molar-refractivity contribution in [2.75, 3.05) is 26.3 Å². The molecular weight excluding hydrogens is 565 g/mol. The number of ether oxygens (including phenoxy) is 2. The zero-order chi connectivity index (χ0) is 30.6. The van der Waals surface area contributed by atoms with Crippen LogP contribution in [-0.2, 0) is 10.9 Å². The molecule has 1 fully saturated rings. The molecule has 1 saturated heterocycles. The number of likely N-dealkylation sites (tertiary alicyclic amines) is 1. The normalized spacial score (nSPS) is 17.4. The number of rotatable bonds is 8. The molecule has 0 spiro atoms. The average Bonchev–Trinajstić information content (AvgIpc) is 3.48. The number of carbonyl (C=O) groups excluding carboxylic acids is 1. The molecule has 2 aromatic heterocycles. The van der Waals surface area contributed by atoms with E-state index in [-0.39, 0.29) is 17.8 Å². The Hall–Kier alpha value is -4.61. The molecule has 12 heteroatoms. The van der Waals surface area contributed by atoms with Gasteiger partial charge in [-0.2, -0.15) is 18.3 Å². The van der Waals surface area contributed by atoms with Crippen LogP contribution in [0.1, 0.15) is 42.2 Å². The lowest BCUT2D eigenvalue weighted by molar-refractivity contribution is -0.143. The number of para-hydroxylation sites is 1. The summed E-state index contributed by atoms with van der Waals surface area (Å²) in [6.07, 6.45) is 4.51. The fraction of sp³-hybridized carbons (Fsp3) is 0.355. The van der Waals surface area contributed by atoms with Crippen LogP contribution < -0.4 is 4.74 Å². The Morgan fingerprint density at radius 2 is 1.86 bits per heavy atom. The van der Waals surface area contributed by atoms with Crippen LogP contribution in [0.2, 0.25) is 0 Å². The number of aromatic carboxylic acids is 1. The lowest BCUT2D eigenvalue weighted by atomic mass is 9.84. The Bertz CT molecular complexity index is 1540. The fourth-order valence-electron chi connectivity index (χ4n) is 5.36. The number of hydrogen-bond acceptors (Lipinski definition) is 6. The van der Waals surface area contributed by atoms with Gasteiger partial charge < -0.3 is 19.5 Å². The van der Waals surface area contributed by atoms with E-state index in [2.05, 4.69) is 28.3 Å². The fourth-order valence-corrected chi connectivity index (χ4v) is 5.36. The first-order valence-corrected chi connectivity index (χ1v) is 14.0. The second kappa shape index (κ2) is 12.7. The Morgan fingerprint density at radius 1 is 1.09 bits per heavy atom. The van der Waals surface area contributed by atoms with E-state index in [0.717, 1.165) is 19.3 Å². The van der Waals surface area contributed by atoms with Gasteiger partial charge in [-0.15, -0.1) is 0 Å². The van der Waals surface area contributed by atoms with Gasteiger partial charge >= 0.3 is 18.2 Å². The molecule has 3 aromatic rings. The molecule has 0 saturated carbocycles. The number of carbonyl (C=O) groups is 2. The number of halogens is 3. The van der Waals surface area contributed by atoms with Crippen LogP contribution in [0, 0.1) is 11.8 Å². The summed E-state index contributed by atoms with van der Waals surface area (Å²) in [7, 11) is 0. The van der Waals surface area contributed by atoms with Crippen molar-refractivity contribution >= 4 is 12.1 Å². The molecule has 3 heterocycles. The third-order valence-electron chi connectivity index (χ3n) is 7.54. The third kappa shape index (κ3) is 6.73. The van der Waals surface area contributed by atoms with Crippen LogP contribution in [0.3, 0.4) is 0 Å². The SMILES string of the molecule is CCOC(=O)N1CCC(C2=CCC(COc3ccccc3-c3cccc(-n4ncc(C(=O)O)c4C(F)(F)F)n3)C=C2)CC1. The minimum atomic E-state index is -4.95. The van der Waals surface area contributed by atoms with E-state index in [4.69, 9.17) is 9.47 Å². The highest BCUT2D eigenvalue weighted by Crippen LogP contribution is 2.35. The van der Waals surface area contributed by atoms with Gasteiger partial charge in [0.1, 0.15) is 11.3 Å². The highest BCUT2D eigenvalue weighted by molar-refractivity contribution is 5.89. The predicted octanol–water partition coefficient (Wildman–Crippen LogP) is 6.40. The smallest absolute Gasteiger partial charge is 0.434 e. The summed E-state index contributed by atoms with van der Waals surface area (Å²) in [5.74, 6) is -0.866. The summed E-state index contributed by atoms with van der Waals surface area (Å²) in [6.45, 7) is 3.90. The molecule has 0 bridgehead atoms. The molecule has 1 aliphatic heterocycles. The first kappa shape index (κ1) is 29.9. The molecule has 1 N–H and O–H groups in total. The monoisotopic (exact) mass is 596 g/mol. The van der Waals surface area contributed by atoms with Crippen molar-refractivity contribution in [2.24, 2.45) is 11.8 Å². The Kier molecular flexibility index (Phi) is 8.84. The van der Waals surface area contributed by atoms with Gasteiger partial charge in [-0.25, -0.2) is 19.3 Å². The maximum Gasteiger partial charge on any atom is 0.434 e. The van der Waals surface area contributed by atoms with Crippen molar-refractivity contribution in [2.45, 2.75) is 32.4 Å². The molecule has 1 unspecified atom stereocenters. The number of nitrogens with zero attached hydrogens (tertiary/aromatic N) is 4. The van der Waals surface area contributed by atoms with Crippen molar-refractivity contribution in [3.05, 3.63) is 83.7 Å². The third-order valence-corrected chi connectivity index (χ3v) is 7.54. The first-order valence-electron chi connectivity index (χ1n) is 14.0. The van der Waals surface area contributed by atoms with E-state index in [1.807, 2.05) is 0 Å².